The van der Waals surface area contributed by atoms with Gasteiger partial charge in [-0.25, -0.2) is 14.4 Å². The number of para-hydroxylation sites is 1. The van der Waals surface area contributed by atoms with Gasteiger partial charge < -0.3 is 24.8 Å². The number of benzene rings is 4. The minimum atomic E-state index is -1.05. The van der Waals surface area contributed by atoms with Gasteiger partial charge in [0.1, 0.15) is 35.0 Å². The number of thiol groups is 2. The highest BCUT2D eigenvalue weighted by molar-refractivity contribution is 9.10. The third-order valence-corrected chi connectivity index (χ3v) is 7.15. The molecular formula is C32H29BrO8S2. The van der Waals surface area contributed by atoms with Crippen LogP contribution in [0.25, 0.3) is 0 Å². The molecule has 0 aliphatic carbocycles. The van der Waals surface area contributed by atoms with Crippen LogP contribution in [-0.2, 0) is 19.4 Å². The third kappa shape index (κ3) is 9.54. The van der Waals surface area contributed by atoms with Crippen molar-refractivity contribution in [1.29, 1.82) is 0 Å². The average molecular weight is 686 g/mol. The lowest BCUT2D eigenvalue weighted by atomic mass is 10.0. The number of carboxylic acid groups (broad SMARTS) is 3. The zero-order chi connectivity index (χ0) is 31.4. The number of halogens is 1. The smallest absolute Gasteiger partial charge is 0.339 e. The highest BCUT2D eigenvalue weighted by atomic mass is 79.9. The number of carbonyl (C=O) groups is 3. The molecule has 0 spiro atoms. The summed E-state index contributed by atoms with van der Waals surface area (Å²) in [5.41, 5.74) is 2.62. The van der Waals surface area contributed by atoms with Crippen molar-refractivity contribution in [2.75, 3.05) is 11.5 Å². The van der Waals surface area contributed by atoms with Crippen molar-refractivity contribution in [3.05, 3.63) is 123 Å². The van der Waals surface area contributed by atoms with E-state index in [4.69, 9.17) is 14.6 Å². The molecule has 43 heavy (non-hydrogen) atoms. The average Bonchev–Trinajstić information content (AvgIpc) is 2.97. The maximum absolute atomic E-state index is 11.5. The molecule has 3 N–H and O–H groups in total. The first-order valence-electron chi connectivity index (χ1n) is 13.0. The van der Waals surface area contributed by atoms with Crippen LogP contribution in [0.2, 0.25) is 0 Å². The van der Waals surface area contributed by atoms with E-state index in [0.717, 1.165) is 11.1 Å². The molecule has 8 nitrogen and oxygen atoms in total. The minimum absolute atomic E-state index is 0.128. The number of rotatable bonds is 12. The third-order valence-electron chi connectivity index (χ3n) is 6.04. The number of carboxylic acids is 3. The molecule has 0 saturated carbocycles. The fourth-order valence-electron chi connectivity index (χ4n) is 4.10. The first-order chi connectivity index (χ1) is 20.7. The molecular weight excluding hydrogens is 656 g/mol. The standard InChI is InChI=1S/C17H15BrO5S.C15H14O3S/c18-13-8-10(4-5-12(13)16(19)20)9-23-14-3-1-2-11(6-7-24)15(14)17(21)22;16-15(17)14-11(9-10-19)5-4-8-13(14)18-12-6-2-1-3-7-12/h1-5,8,24H,6-7,9H2,(H,19,20)(H,21,22);1-8,19H,9-10H2,(H,16,17). The molecule has 0 bridgehead atoms. The molecule has 0 aliphatic heterocycles. The molecule has 0 atom stereocenters. The van der Waals surface area contributed by atoms with E-state index >= 15 is 0 Å². The van der Waals surface area contributed by atoms with Crippen molar-refractivity contribution in [3.8, 4) is 17.2 Å². The molecule has 0 radical (unpaired) electrons. The van der Waals surface area contributed by atoms with E-state index in [9.17, 15) is 24.6 Å². The number of ether oxygens (including phenoxy) is 2. The summed E-state index contributed by atoms with van der Waals surface area (Å²) in [6.07, 6.45) is 1.12. The Kier molecular flexibility index (Phi) is 13.0. The predicted octanol–water partition coefficient (Wildman–Crippen LogP) is 7.55. The van der Waals surface area contributed by atoms with Gasteiger partial charge >= 0.3 is 17.9 Å². The van der Waals surface area contributed by atoms with Gasteiger partial charge in [-0.1, -0.05) is 48.5 Å². The Morgan fingerprint density at radius 3 is 1.74 bits per heavy atom. The second-order valence-corrected chi connectivity index (χ2v) is 10.7. The van der Waals surface area contributed by atoms with E-state index in [-0.39, 0.29) is 29.0 Å². The van der Waals surface area contributed by atoms with Crippen molar-refractivity contribution in [3.63, 3.8) is 0 Å². The monoisotopic (exact) mass is 684 g/mol. The van der Waals surface area contributed by atoms with Crippen LogP contribution in [0.4, 0.5) is 0 Å². The first kappa shape index (κ1) is 33.6. The topological polar surface area (TPSA) is 130 Å². The van der Waals surface area contributed by atoms with Crippen LogP contribution in [0.1, 0.15) is 47.8 Å². The van der Waals surface area contributed by atoms with Gasteiger partial charge in [0, 0.05) is 4.47 Å². The summed E-state index contributed by atoms with van der Waals surface area (Å²) < 4.78 is 11.7. The Labute approximate surface area is 268 Å². The zero-order valence-corrected chi connectivity index (χ0v) is 26.1. The van der Waals surface area contributed by atoms with Gasteiger partial charge in [0.2, 0.25) is 0 Å². The lowest BCUT2D eigenvalue weighted by Crippen LogP contribution is -2.08. The Morgan fingerprint density at radius 1 is 0.674 bits per heavy atom. The van der Waals surface area contributed by atoms with Gasteiger partial charge in [-0.15, -0.1) is 0 Å². The number of aryl methyl sites for hydroxylation is 2. The Balaban J connectivity index is 0.000000242. The second-order valence-electron chi connectivity index (χ2n) is 8.96. The van der Waals surface area contributed by atoms with Gasteiger partial charge in [-0.3, -0.25) is 0 Å². The van der Waals surface area contributed by atoms with Crippen molar-refractivity contribution >= 4 is 59.1 Å². The van der Waals surface area contributed by atoms with E-state index in [1.165, 1.54) is 6.07 Å². The number of hydrogen-bond acceptors (Lipinski definition) is 7. The largest absolute Gasteiger partial charge is 0.488 e. The van der Waals surface area contributed by atoms with E-state index in [0.29, 0.717) is 45.9 Å². The summed E-state index contributed by atoms with van der Waals surface area (Å²) in [7, 11) is 0. The van der Waals surface area contributed by atoms with Gasteiger partial charge in [0.05, 0.1) is 5.56 Å². The van der Waals surface area contributed by atoms with Crippen molar-refractivity contribution in [2.24, 2.45) is 0 Å². The van der Waals surface area contributed by atoms with E-state index in [1.54, 1.807) is 60.7 Å². The van der Waals surface area contributed by atoms with Crippen LogP contribution < -0.4 is 9.47 Å². The SMILES string of the molecule is O=C(O)c1c(CCS)cccc1Oc1ccccc1.O=C(O)c1ccc(COc2cccc(CCS)c2C(=O)O)cc1Br. The second kappa shape index (κ2) is 16.6. The molecule has 0 amide bonds. The quantitative estimate of drug-likeness (QED) is 0.0968. The molecule has 0 fully saturated rings. The lowest BCUT2D eigenvalue weighted by Gasteiger charge is -2.13. The van der Waals surface area contributed by atoms with E-state index in [1.807, 2.05) is 18.2 Å². The summed E-state index contributed by atoms with van der Waals surface area (Å²) in [5, 5.41) is 27.8. The van der Waals surface area contributed by atoms with Crippen LogP contribution in [0.15, 0.2) is 89.4 Å². The summed E-state index contributed by atoms with van der Waals surface area (Å²) in [4.78, 5) is 33.9. The molecule has 0 unspecified atom stereocenters. The summed E-state index contributed by atoms with van der Waals surface area (Å²) in [6.45, 7) is 0.128. The van der Waals surface area contributed by atoms with Crippen LogP contribution in [0, 0.1) is 0 Å². The first-order valence-corrected chi connectivity index (χ1v) is 15.0. The lowest BCUT2D eigenvalue weighted by molar-refractivity contribution is 0.0680. The molecule has 4 aromatic carbocycles. The minimum Gasteiger partial charge on any atom is -0.488 e. The Morgan fingerprint density at radius 2 is 1.23 bits per heavy atom. The van der Waals surface area contributed by atoms with Crippen molar-refractivity contribution in [2.45, 2.75) is 19.4 Å². The predicted molar refractivity (Wildman–Crippen MR) is 174 cm³/mol. The van der Waals surface area contributed by atoms with Crippen LogP contribution in [0.5, 0.6) is 17.2 Å². The maximum atomic E-state index is 11.5. The molecule has 0 saturated heterocycles. The molecule has 4 aromatic rings. The molecule has 0 aromatic heterocycles. The Hall–Kier alpha value is -3.93. The molecule has 4 rings (SSSR count). The van der Waals surface area contributed by atoms with Gasteiger partial charge in [0.15, 0.2) is 0 Å². The van der Waals surface area contributed by atoms with Crippen molar-refractivity contribution in [1.82, 2.24) is 0 Å². The molecule has 0 aliphatic rings. The van der Waals surface area contributed by atoms with Gasteiger partial charge in [-0.05, 0) is 93.4 Å². The normalized spacial score (nSPS) is 10.3. The van der Waals surface area contributed by atoms with Gasteiger partial charge in [0.25, 0.3) is 0 Å². The molecule has 224 valence electrons. The summed E-state index contributed by atoms with van der Waals surface area (Å²) >= 11 is 11.5. The Bertz CT molecular complexity index is 1580. The van der Waals surface area contributed by atoms with Gasteiger partial charge in [-0.2, -0.15) is 25.3 Å². The molecule has 11 heteroatoms. The maximum Gasteiger partial charge on any atom is 0.339 e. The summed E-state index contributed by atoms with van der Waals surface area (Å²) in [5.74, 6) is -0.677. The van der Waals surface area contributed by atoms with Crippen LogP contribution in [-0.4, -0.2) is 44.7 Å². The number of aromatic carboxylic acids is 3. The van der Waals surface area contributed by atoms with E-state index < -0.39 is 17.9 Å². The van der Waals surface area contributed by atoms with Crippen LogP contribution >= 0.6 is 41.2 Å². The fourth-order valence-corrected chi connectivity index (χ4v) is 5.18. The highest BCUT2D eigenvalue weighted by Gasteiger charge is 2.18. The number of hydrogen-bond donors (Lipinski definition) is 5. The fraction of sp³-hybridized carbons (Fsp3) is 0.156. The van der Waals surface area contributed by atoms with Crippen molar-refractivity contribution < 1.29 is 39.2 Å². The van der Waals surface area contributed by atoms with E-state index in [2.05, 4.69) is 41.2 Å². The molecule has 0 heterocycles. The zero-order valence-electron chi connectivity index (χ0n) is 22.8. The highest BCUT2D eigenvalue weighted by Crippen LogP contribution is 2.29. The summed E-state index contributed by atoms with van der Waals surface area (Å²) in [6, 6.07) is 24.2. The van der Waals surface area contributed by atoms with Crippen LogP contribution in [0.3, 0.4) is 0 Å².